The van der Waals surface area contributed by atoms with E-state index < -0.39 is 17.5 Å². The van der Waals surface area contributed by atoms with E-state index >= 15 is 0 Å². The Morgan fingerprint density at radius 1 is 1.23 bits per heavy atom. The Kier molecular flexibility index (Phi) is 5.63. The number of nitrogens with zero attached hydrogens (tertiary/aromatic N) is 1. The van der Waals surface area contributed by atoms with Crippen molar-refractivity contribution in [2.75, 3.05) is 25.0 Å². The average molecular weight is 379 g/mol. The molecule has 0 saturated carbocycles. The molecule has 2 aromatic rings. The van der Waals surface area contributed by atoms with Crippen molar-refractivity contribution in [3.05, 3.63) is 51.7 Å². The normalized spacial score (nSPS) is 16.8. The first-order valence-corrected chi connectivity index (χ1v) is 9.14. The molecule has 3 rings (SSSR count). The van der Waals surface area contributed by atoms with E-state index in [1.54, 1.807) is 11.3 Å². The summed E-state index contributed by atoms with van der Waals surface area (Å²) in [4.78, 5) is 27.4. The van der Waals surface area contributed by atoms with Crippen molar-refractivity contribution in [1.82, 2.24) is 10.2 Å². The van der Waals surface area contributed by atoms with Crippen molar-refractivity contribution < 1.29 is 18.4 Å². The van der Waals surface area contributed by atoms with Crippen molar-refractivity contribution in [1.29, 1.82) is 0 Å². The number of hydrogen-bond acceptors (Lipinski definition) is 4. The number of rotatable bonds is 5. The fourth-order valence-corrected chi connectivity index (χ4v) is 3.94. The summed E-state index contributed by atoms with van der Waals surface area (Å²) >= 11 is 1.74. The number of halogens is 2. The molecule has 1 aliphatic heterocycles. The van der Waals surface area contributed by atoms with Gasteiger partial charge < -0.3 is 10.6 Å². The first-order valence-electron chi connectivity index (χ1n) is 8.26. The Bertz CT molecular complexity index is 825. The lowest BCUT2D eigenvalue weighted by Gasteiger charge is -2.32. The van der Waals surface area contributed by atoms with E-state index in [2.05, 4.69) is 33.9 Å². The molecule has 138 valence electrons. The zero-order valence-corrected chi connectivity index (χ0v) is 15.0. The Morgan fingerprint density at radius 3 is 2.81 bits per heavy atom. The van der Waals surface area contributed by atoms with Crippen LogP contribution in [0, 0.1) is 11.6 Å². The molecule has 1 aliphatic rings. The maximum absolute atomic E-state index is 13.1. The number of fused-ring (bicyclic) bond motifs is 1. The van der Waals surface area contributed by atoms with Crippen LogP contribution in [0.4, 0.5) is 14.5 Å². The molecule has 1 aromatic heterocycles. The smallest absolute Gasteiger partial charge is 0.243 e. The second kappa shape index (κ2) is 7.92. The van der Waals surface area contributed by atoms with Gasteiger partial charge in [-0.25, -0.2) is 8.78 Å². The van der Waals surface area contributed by atoms with Crippen LogP contribution in [0.1, 0.15) is 23.4 Å². The second-order valence-corrected chi connectivity index (χ2v) is 7.15. The molecule has 0 radical (unpaired) electrons. The first-order chi connectivity index (χ1) is 12.4. The minimum atomic E-state index is -1.04. The molecule has 2 heterocycles. The Morgan fingerprint density at radius 2 is 2.04 bits per heavy atom. The van der Waals surface area contributed by atoms with Crippen molar-refractivity contribution in [3.63, 3.8) is 0 Å². The highest BCUT2D eigenvalue weighted by Crippen LogP contribution is 2.32. The molecular weight excluding hydrogens is 360 g/mol. The van der Waals surface area contributed by atoms with Crippen LogP contribution in [0.3, 0.4) is 0 Å². The lowest BCUT2D eigenvalue weighted by atomic mass is 10.0. The van der Waals surface area contributed by atoms with Gasteiger partial charge in [0.15, 0.2) is 11.6 Å². The van der Waals surface area contributed by atoms with E-state index in [4.69, 9.17) is 0 Å². The minimum absolute atomic E-state index is 0.137. The highest BCUT2D eigenvalue weighted by molar-refractivity contribution is 7.10. The molecule has 0 saturated heterocycles. The summed E-state index contributed by atoms with van der Waals surface area (Å²) in [6, 6.07) is 5.32. The van der Waals surface area contributed by atoms with Crippen molar-refractivity contribution in [3.8, 4) is 0 Å². The van der Waals surface area contributed by atoms with Gasteiger partial charge in [-0.1, -0.05) is 0 Å². The molecule has 0 aliphatic carbocycles. The Balaban J connectivity index is 1.46. The number of amides is 2. The number of benzene rings is 1. The van der Waals surface area contributed by atoms with Gasteiger partial charge in [0, 0.05) is 29.2 Å². The van der Waals surface area contributed by atoms with Crippen LogP contribution in [-0.2, 0) is 16.0 Å². The molecule has 1 aromatic carbocycles. The quantitative estimate of drug-likeness (QED) is 0.840. The third-order valence-electron chi connectivity index (χ3n) is 4.40. The van der Waals surface area contributed by atoms with Crippen LogP contribution in [-0.4, -0.2) is 36.3 Å². The SMILES string of the molecule is C[C@@H]1c2ccsc2CCN1CC(=O)NCC(=O)Nc1ccc(F)c(F)c1. The van der Waals surface area contributed by atoms with Gasteiger partial charge >= 0.3 is 0 Å². The molecule has 2 amide bonds. The summed E-state index contributed by atoms with van der Waals surface area (Å²) in [5, 5.41) is 7.03. The van der Waals surface area contributed by atoms with Gasteiger partial charge in [-0.3, -0.25) is 14.5 Å². The number of thiophene rings is 1. The minimum Gasteiger partial charge on any atom is -0.346 e. The van der Waals surface area contributed by atoms with Gasteiger partial charge in [-0.2, -0.15) is 0 Å². The van der Waals surface area contributed by atoms with Crippen LogP contribution in [0.2, 0.25) is 0 Å². The van der Waals surface area contributed by atoms with Crippen LogP contribution >= 0.6 is 11.3 Å². The van der Waals surface area contributed by atoms with E-state index in [0.717, 1.165) is 25.1 Å². The van der Waals surface area contributed by atoms with Crippen LogP contribution in [0.25, 0.3) is 0 Å². The van der Waals surface area contributed by atoms with E-state index in [9.17, 15) is 18.4 Å². The summed E-state index contributed by atoms with van der Waals surface area (Å²) in [5.41, 5.74) is 1.39. The summed E-state index contributed by atoms with van der Waals surface area (Å²) in [5.74, 6) is -2.79. The van der Waals surface area contributed by atoms with Gasteiger partial charge in [0.2, 0.25) is 11.8 Å². The molecule has 1 atom stereocenters. The summed E-state index contributed by atoms with van der Waals surface area (Å²) in [6.45, 7) is 2.83. The van der Waals surface area contributed by atoms with E-state index in [1.807, 2.05) is 0 Å². The van der Waals surface area contributed by atoms with Gasteiger partial charge in [-0.05, 0) is 42.5 Å². The van der Waals surface area contributed by atoms with Gasteiger partial charge in [-0.15, -0.1) is 11.3 Å². The van der Waals surface area contributed by atoms with E-state index in [1.165, 1.54) is 16.5 Å². The molecule has 0 spiro atoms. The topological polar surface area (TPSA) is 61.4 Å². The molecule has 0 fully saturated rings. The Hall–Kier alpha value is -2.32. The fourth-order valence-electron chi connectivity index (χ4n) is 2.98. The lowest BCUT2D eigenvalue weighted by molar-refractivity contribution is -0.125. The maximum Gasteiger partial charge on any atom is 0.243 e. The second-order valence-electron chi connectivity index (χ2n) is 6.15. The third-order valence-corrected chi connectivity index (χ3v) is 5.40. The number of anilines is 1. The largest absolute Gasteiger partial charge is 0.346 e. The van der Waals surface area contributed by atoms with Crippen molar-refractivity contribution in [2.24, 2.45) is 0 Å². The zero-order valence-electron chi connectivity index (χ0n) is 14.2. The highest BCUT2D eigenvalue weighted by Gasteiger charge is 2.26. The number of hydrogen-bond donors (Lipinski definition) is 2. The van der Waals surface area contributed by atoms with Gasteiger partial charge in [0.1, 0.15) is 0 Å². The summed E-state index contributed by atoms with van der Waals surface area (Å²) < 4.78 is 26.0. The molecule has 0 bridgehead atoms. The van der Waals surface area contributed by atoms with Gasteiger partial charge in [0.05, 0.1) is 13.1 Å². The first kappa shape index (κ1) is 18.5. The molecule has 2 N–H and O–H groups in total. The molecule has 26 heavy (non-hydrogen) atoms. The standard InChI is InChI=1S/C18H19F2N3O2S/c1-11-13-5-7-26-16(13)4-6-23(11)10-18(25)21-9-17(24)22-12-2-3-14(19)15(20)8-12/h2-3,5,7-8,11H,4,6,9-10H2,1H3,(H,21,25)(H,22,24)/t11-/m1/s1. The van der Waals surface area contributed by atoms with E-state index in [0.29, 0.717) is 0 Å². The van der Waals surface area contributed by atoms with Crippen LogP contribution < -0.4 is 10.6 Å². The zero-order chi connectivity index (χ0) is 18.7. The predicted octanol–water partition coefficient (Wildman–Crippen LogP) is 2.70. The molecular formula is C18H19F2N3O2S. The molecule has 5 nitrogen and oxygen atoms in total. The Labute approximate surface area is 154 Å². The van der Waals surface area contributed by atoms with E-state index in [-0.39, 0.29) is 30.7 Å². The van der Waals surface area contributed by atoms with Crippen molar-refractivity contribution in [2.45, 2.75) is 19.4 Å². The fraction of sp³-hybridized carbons (Fsp3) is 0.333. The van der Waals surface area contributed by atoms with Crippen LogP contribution in [0.15, 0.2) is 29.6 Å². The highest BCUT2D eigenvalue weighted by atomic mass is 32.1. The molecule has 8 heteroatoms. The predicted molar refractivity (Wildman–Crippen MR) is 96.0 cm³/mol. The number of carbonyl (C=O) groups is 2. The number of carbonyl (C=O) groups excluding carboxylic acids is 2. The summed E-state index contributed by atoms with van der Waals surface area (Å²) in [6.07, 6.45) is 0.918. The van der Waals surface area contributed by atoms with Crippen LogP contribution in [0.5, 0.6) is 0 Å². The average Bonchev–Trinajstić information content (AvgIpc) is 3.08. The third kappa shape index (κ3) is 4.25. The monoisotopic (exact) mass is 379 g/mol. The van der Waals surface area contributed by atoms with Crippen molar-refractivity contribution >= 4 is 28.8 Å². The number of nitrogens with one attached hydrogen (secondary N) is 2. The lowest BCUT2D eigenvalue weighted by Crippen LogP contribution is -2.43. The van der Waals surface area contributed by atoms with Gasteiger partial charge in [0.25, 0.3) is 0 Å². The molecule has 0 unspecified atom stereocenters. The summed E-state index contributed by atoms with van der Waals surface area (Å²) in [7, 11) is 0. The maximum atomic E-state index is 13.1.